The molecule has 1 N–H and O–H groups in total. The highest BCUT2D eigenvalue weighted by atomic mass is 32.1. The van der Waals surface area contributed by atoms with Gasteiger partial charge in [-0.3, -0.25) is 0 Å². The number of aliphatic hydroxyl groups is 1. The second-order valence-electron chi connectivity index (χ2n) is 4.41. The molecule has 0 spiro atoms. The molecule has 1 saturated heterocycles. The highest BCUT2D eigenvalue weighted by Crippen LogP contribution is 2.33. The summed E-state index contributed by atoms with van der Waals surface area (Å²) in [6, 6.07) is 0. The number of aromatic nitrogens is 1. The minimum Gasteiger partial charge on any atom is -0.387 e. The number of hydrogen-bond donors (Lipinski definition) is 1. The van der Waals surface area contributed by atoms with E-state index < -0.39 is 6.10 Å². The van der Waals surface area contributed by atoms with E-state index >= 15 is 0 Å². The Bertz CT molecular complexity index is 338. The van der Waals surface area contributed by atoms with Gasteiger partial charge < -0.3 is 9.84 Å². The lowest BCUT2D eigenvalue weighted by atomic mass is 9.95. The molecule has 0 saturated carbocycles. The molecule has 2 heterocycles. The Balaban J connectivity index is 2.05. The van der Waals surface area contributed by atoms with E-state index in [2.05, 4.69) is 11.9 Å². The Morgan fingerprint density at radius 2 is 2.50 bits per heavy atom. The fourth-order valence-corrected chi connectivity index (χ4v) is 3.12. The van der Waals surface area contributed by atoms with Crippen molar-refractivity contribution in [3.05, 3.63) is 16.1 Å². The van der Waals surface area contributed by atoms with Crippen LogP contribution in [0.25, 0.3) is 0 Å². The zero-order chi connectivity index (χ0) is 11.5. The molecule has 1 fully saturated rings. The third-order valence-electron chi connectivity index (χ3n) is 3.14. The normalized spacial score (nSPS) is 27.9. The van der Waals surface area contributed by atoms with Gasteiger partial charge in [-0.25, -0.2) is 4.98 Å². The molecule has 4 heteroatoms. The standard InChI is InChI=1S/C12H19NO2S/c1-3-10-6-9(4-5-15-10)12-13-11(7-16-12)8(2)14/h7-10,14H,3-6H2,1-2H3. The molecule has 3 nitrogen and oxygen atoms in total. The van der Waals surface area contributed by atoms with E-state index in [0.29, 0.717) is 12.0 Å². The van der Waals surface area contributed by atoms with Gasteiger partial charge in [-0.2, -0.15) is 0 Å². The third kappa shape index (κ3) is 2.62. The van der Waals surface area contributed by atoms with E-state index in [-0.39, 0.29) is 0 Å². The first-order valence-corrected chi connectivity index (χ1v) is 6.83. The largest absolute Gasteiger partial charge is 0.387 e. The van der Waals surface area contributed by atoms with Gasteiger partial charge in [0.05, 0.1) is 22.9 Å². The lowest BCUT2D eigenvalue weighted by Crippen LogP contribution is -2.23. The zero-order valence-corrected chi connectivity index (χ0v) is 10.7. The van der Waals surface area contributed by atoms with E-state index in [9.17, 15) is 5.11 Å². The summed E-state index contributed by atoms with van der Waals surface area (Å²) < 4.78 is 5.66. The summed E-state index contributed by atoms with van der Waals surface area (Å²) >= 11 is 1.67. The smallest absolute Gasteiger partial charge is 0.0962 e. The lowest BCUT2D eigenvalue weighted by molar-refractivity contribution is 0.00477. The number of rotatable bonds is 3. The van der Waals surface area contributed by atoms with Crippen molar-refractivity contribution in [2.75, 3.05) is 6.61 Å². The first-order chi connectivity index (χ1) is 7.70. The van der Waals surface area contributed by atoms with E-state index in [1.165, 1.54) is 0 Å². The number of aliphatic hydroxyl groups excluding tert-OH is 1. The molecule has 0 bridgehead atoms. The van der Waals surface area contributed by atoms with Crippen molar-refractivity contribution >= 4 is 11.3 Å². The summed E-state index contributed by atoms with van der Waals surface area (Å²) in [5.74, 6) is 0.524. The molecule has 3 unspecified atom stereocenters. The van der Waals surface area contributed by atoms with Crippen LogP contribution in [0.2, 0.25) is 0 Å². The fraction of sp³-hybridized carbons (Fsp3) is 0.750. The Labute approximate surface area is 100 Å². The van der Waals surface area contributed by atoms with E-state index in [1.807, 2.05) is 5.38 Å². The molecule has 16 heavy (non-hydrogen) atoms. The van der Waals surface area contributed by atoms with Gasteiger partial charge in [0.25, 0.3) is 0 Å². The Kier molecular flexibility index (Phi) is 3.95. The Morgan fingerprint density at radius 3 is 3.12 bits per heavy atom. The van der Waals surface area contributed by atoms with Gasteiger partial charge in [-0.1, -0.05) is 6.92 Å². The minimum atomic E-state index is -0.452. The SMILES string of the molecule is CCC1CC(c2nc(C(C)O)cs2)CCO1. The molecular weight excluding hydrogens is 222 g/mol. The molecule has 0 aromatic carbocycles. The van der Waals surface area contributed by atoms with Gasteiger partial charge in [0.15, 0.2) is 0 Å². The van der Waals surface area contributed by atoms with Crippen molar-refractivity contribution in [1.29, 1.82) is 0 Å². The van der Waals surface area contributed by atoms with Crippen LogP contribution in [0.3, 0.4) is 0 Å². The molecule has 1 aliphatic rings. The van der Waals surface area contributed by atoms with Crippen molar-refractivity contribution in [3.8, 4) is 0 Å². The summed E-state index contributed by atoms with van der Waals surface area (Å²) in [4.78, 5) is 4.52. The van der Waals surface area contributed by atoms with Gasteiger partial charge in [-0.05, 0) is 26.2 Å². The maximum Gasteiger partial charge on any atom is 0.0962 e. The van der Waals surface area contributed by atoms with E-state index in [1.54, 1.807) is 18.3 Å². The summed E-state index contributed by atoms with van der Waals surface area (Å²) in [5, 5.41) is 12.6. The van der Waals surface area contributed by atoms with Crippen molar-refractivity contribution < 1.29 is 9.84 Å². The van der Waals surface area contributed by atoms with Gasteiger partial charge in [0.2, 0.25) is 0 Å². The third-order valence-corrected chi connectivity index (χ3v) is 4.17. The topological polar surface area (TPSA) is 42.4 Å². The second kappa shape index (κ2) is 5.25. The van der Waals surface area contributed by atoms with Gasteiger partial charge in [0.1, 0.15) is 0 Å². The highest BCUT2D eigenvalue weighted by molar-refractivity contribution is 7.09. The summed E-state index contributed by atoms with van der Waals surface area (Å²) in [7, 11) is 0. The van der Waals surface area contributed by atoms with Crippen molar-refractivity contribution in [2.45, 2.75) is 51.2 Å². The summed E-state index contributed by atoms with van der Waals surface area (Å²) in [6.45, 7) is 4.76. The molecular formula is C12H19NO2S. The average molecular weight is 241 g/mol. The molecule has 1 aliphatic heterocycles. The average Bonchev–Trinajstić information content (AvgIpc) is 2.78. The molecule has 2 rings (SSSR count). The minimum absolute atomic E-state index is 0.387. The fourth-order valence-electron chi connectivity index (χ4n) is 2.07. The first-order valence-electron chi connectivity index (χ1n) is 5.95. The van der Waals surface area contributed by atoms with Gasteiger partial charge >= 0.3 is 0 Å². The Morgan fingerprint density at radius 1 is 1.69 bits per heavy atom. The number of thiazole rings is 1. The monoisotopic (exact) mass is 241 g/mol. The number of hydrogen-bond acceptors (Lipinski definition) is 4. The zero-order valence-electron chi connectivity index (χ0n) is 9.85. The maximum absolute atomic E-state index is 9.45. The molecule has 3 atom stereocenters. The predicted molar refractivity (Wildman–Crippen MR) is 64.8 cm³/mol. The van der Waals surface area contributed by atoms with Gasteiger partial charge in [-0.15, -0.1) is 11.3 Å². The maximum atomic E-state index is 9.45. The molecule has 0 aliphatic carbocycles. The number of nitrogens with zero attached hydrogens (tertiary/aromatic N) is 1. The van der Waals surface area contributed by atoms with E-state index in [4.69, 9.17) is 4.74 Å². The second-order valence-corrected chi connectivity index (χ2v) is 5.30. The van der Waals surface area contributed by atoms with Crippen molar-refractivity contribution in [2.24, 2.45) is 0 Å². The van der Waals surface area contributed by atoms with Crippen LogP contribution in [0.5, 0.6) is 0 Å². The quantitative estimate of drug-likeness (QED) is 0.884. The van der Waals surface area contributed by atoms with Crippen LogP contribution >= 0.6 is 11.3 Å². The first kappa shape index (κ1) is 12.0. The predicted octanol–water partition coefficient (Wildman–Crippen LogP) is 2.87. The van der Waals surface area contributed by atoms with Crippen LogP contribution in [0.15, 0.2) is 5.38 Å². The van der Waals surface area contributed by atoms with Crippen LogP contribution in [0.4, 0.5) is 0 Å². The van der Waals surface area contributed by atoms with Crippen LogP contribution in [0.1, 0.15) is 55.8 Å². The molecule has 0 radical (unpaired) electrons. The van der Waals surface area contributed by atoms with Crippen LogP contribution in [0, 0.1) is 0 Å². The van der Waals surface area contributed by atoms with Crippen molar-refractivity contribution in [1.82, 2.24) is 4.98 Å². The molecule has 90 valence electrons. The Hall–Kier alpha value is -0.450. The molecule has 1 aromatic rings. The van der Waals surface area contributed by atoms with Crippen LogP contribution in [-0.4, -0.2) is 22.8 Å². The highest BCUT2D eigenvalue weighted by Gasteiger charge is 2.25. The van der Waals surface area contributed by atoms with Crippen LogP contribution < -0.4 is 0 Å². The van der Waals surface area contributed by atoms with Crippen molar-refractivity contribution in [3.63, 3.8) is 0 Å². The molecule has 0 amide bonds. The number of ether oxygens (including phenoxy) is 1. The summed E-state index contributed by atoms with van der Waals surface area (Å²) in [6.07, 6.45) is 3.14. The van der Waals surface area contributed by atoms with E-state index in [0.717, 1.165) is 36.6 Å². The van der Waals surface area contributed by atoms with Crippen LogP contribution in [-0.2, 0) is 4.74 Å². The lowest BCUT2D eigenvalue weighted by Gasteiger charge is -2.27. The summed E-state index contributed by atoms with van der Waals surface area (Å²) in [5.41, 5.74) is 0.805. The van der Waals surface area contributed by atoms with Gasteiger partial charge in [0, 0.05) is 17.9 Å². The molecule has 1 aromatic heterocycles.